The number of likely N-dealkylation sites (tertiary alicyclic amines) is 2. The number of piperidine rings is 1. The van der Waals surface area contributed by atoms with Crippen LogP contribution in [-0.4, -0.2) is 47.8 Å². The van der Waals surface area contributed by atoms with Gasteiger partial charge in [0.05, 0.1) is 5.56 Å². The van der Waals surface area contributed by atoms with Gasteiger partial charge in [-0.05, 0) is 57.3 Å². The number of halogens is 3. The van der Waals surface area contributed by atoms with Crippen molar-refractivity contribution >= 4 is 5.78 Å². The number of alkyl halides is 3. The van der Waals surface area contributed by atoms with Crippen molar-refractivity contribution in [1.29, 1.82) is 0 Å². The van der Waals surface area contributed by atoms with E-state index in [0.717, 1.165) is 51.2 Å². The van der Waals surface area contributed by atoms with E-state index in [2.05, 4.69) is 9.80 Å². The maximum absolute atomic E-state index is 12.6. The van der Waals surface area contributed by atoms with Gasteiger partial charge in [-0.1, -0.05) is 12.1 Å². The lowest BCUT2D eigenvalue weighted by atomic mass is 10.0. The first-order valence-electron chi connectivity index (χ1n) is 9.31. The van der Waals surface area contributed by atoms with Gasteiger partial charge in [0.25, 0.3) is 0 Å². The molecule has 0 spiro atoms. The highest BCUT2D eigenvalue weighted by Crippen LogP contribution is 2.29. The minimum atomic E-state index is -4.38. The van der Waals surface area contributed by atoms with Crippen molar-refractivity contribution in [3.05, 3.63) is 47.7 Å². The summed E-state index contributed by atoms with van der Waals surface area (Å²) in [5.41, 5.74) is -0.456. The zero-order chi connectivity index (χ0) is 18.6. The molecule has 0 aliphatic carbocycles. The number of hydrogen-bond donors (Lipinski definition) is 0. The summed E-state index contributed by atoms with van der Waals surface area (Å²) in [5.74, 6) is -0.260. The number of carbonyl (C=O) groups is 1. The van der Waals surface area contributed by atoms with Crippen LogP contribution in [0.2, 0.25) is 0 Å². The molecule has 0 saturated carbocycles. The van der Waals surface area contributed by atoms with Crippen molar-refractivity contribution in [2.75, 3.05) is 26.2 Å². The third-order valence-electron chi connectivity index (χ3n) is 5.25. The zero-order valence-electron chi connectivity index (χ0n) is 14.8. The molecule has 142 valence electrons. The quantitative estimate of drug-likeness (QED) is 0.572. The van der Waals surface area contributed by atoms with Gasteiger partial charge in [0.1, 0.15) is 0 Å². The lowest BCUT2D eigenvalue weighted by molar-refractivity contribution is -0.137. The molecule has 2 aliphatic rings. The highest BCUT2D eigenvalue weighted by Gasteiger charge is 2.30. The lowest BCUT2D eigenvalue weighted by Crippen LogP contribution is -2.43. The van der Waals surface area contributed by atoms with Crippen molar-refractivity contribution in [2.24, 2.45) is 0 Å². The van der Waals surface area contributed by atoms with Crippen LogP contribution in [0.25, 0.3) is 0 Å². The molecule has 2 aliphatic heterocycles. The summed E-state index contributed by atoms with van der Waals surface area (Å²) in [6.45, 7) is 4.26. The summed E-state index contributed by atoms with van der Waals surface area (Å²) in [4.78, 5) is 17.0. The first-order chi connectivity index (χ1) is 12.4. The second-order valence-corrected chi connectivity index (χ2v) is 7.15. The largest absolute Gasteiger partial charge is 0.416 e. The molecule has 3 nitrogen and oxygen atoms in total. The van der Waals surface area contributed by atoms with Crippen LogP contribution in [0.15, 0.2) is 36.5 Å². The number of hydrogen-bond acceptors (Lipinski definition) is 3. The van der Waals surface area contributed by atoms with E-state index in [0.29, 0.717) is 6.04 Å². The van der Waals surface area contributed by atoms with Gasteiger partial charge in [0, 0.05) is 37.0 Å². The minimum absolute atomic E-state index is 0.260. The predicted molar refractivity (Wildman–Crippen MR) is 94.9 cm³/mol. The van der Waals surface area contributed by atoms with Crippen LogP contribution in [0.4, 0.5) is 13.2 Å². The Morgan fingerprint density at radius 2 is 1.69 bits per heavy atom. The third-order valence-corrected chi connectivity index (χ3v) is 5.25. The summed E-state index contributed by atoms with van der Waals surface area (Å²) in [7, 11) is 0. The molecule has 1 aromatic carbocycles. The van der Waals surface area contributed by atoms with E-state index in [1.54, 1.807) is 0 Å². The monoisotopic (exact) mass is 366 g/mol. The van der Waals surface area contributed by atoms with Crippen molar-refractivity contribution in [3.8, 4) is 0 Å². The van der Waals surface area contributed by atoms with Gasteiger partial charge < -0.3 is 9.80 Å². The second kappa shape index (κ2) is 8.25. The summed E-state index contributed by atoms with van der Waals surface area (Å²) in [6, 6.07) is 4.82. The summed E-state index contributed by atoms with van der Waals surface area (Å²) in [5, 5.41) is 0. The van der Waals surface area contributed by atoms with Gasteiger partial charge in [-0.3, -0.25) is 4.79 Å². The van der Waals surface area contributed by atoms with Crippen molar-refractivity contribution in [3.63, 3.8) is 0 Å². The molecule has 2 heterocycles. The summed E-state index contributed by atoms with van der Waals surface area (Å²) >= 11 is 0. The van der Waals surface area contributed by atoms with Crippen LogP contribution in [0.1, 0.15) is 48.0 Å². The van der Waals surface area contributed by atoms with E-state index in [-0.39, 0.29) is 11.3 Å². The van der Waals surface area contributed by atoms with Gasteiger partial charge >= 0.3 is 6.18 Å². The number of rotatable bonds is 5. The van der Waals surface area contributed by atoms with Gasteiger partial charge in [-0.25, -0.2) is 0 Å². The van der Waals surface area contributed by atoms with E-state index in [1.165, 1.54) is 37.5 Å². The molecule has 0 amide bonds. The minimum Gasteiger partial charge on any atom is -0.373 e. The highest BCUT2D eigenvalue weighted by molar-refractivity contribution is 6.04. The molecular formula is C20H25F3N2O. The molecule has 1 aromatic rings. The SMILES string of the molecule is O=C(C=CN1CCCCC1CN1CCCC1)c1ccc(C(F)(F)F)cc1. The molecular weight excluding hydrogens is 341 g/mol. The molecule has 2 fully saturated rings. The van der Waals surface area contributed by atoms with E-state index >= 15 is 0 Å². The van der Waals surface area contributed by atoms with Crippen molar-refractivity contribution < 1.29 is 18.0 Å². The fraction of sp³-hybridized carbons (Fsp3) is 0.550. The number of carbonyl (C=O) groups excluding carboxylic acids is 1. The Kier molecular flexibility index (Phi) is 6.01. The van der Waals surface area contributed by atoms with Crippen LogP contribution in [0, 0.1) is 0 Å². The normalized spacial score (nSPS) is 22.3. The third kappa shape index (κ3) is 4.87. The molecule has 3 rings (SSSR count). The maximum Gasteiger partial charge on any atom is 0.416 e. The number of allylic oxidation sites excluding steroid dienone is 1. The number of benzene rings is 1. The van der Waals surface area contributed by atoms with Gasteiger partial charge in [-0.15, -0.1) is 0 Å². The van der Waals surface area contributed by atoms with Crippen LogP contribution >= 0.6 is 0 Å². The molecule has 2 saturated heterocycles. The first kappa shape index (κ1) is 19.0. The molecule has 0 radical (unpaired) electrons. The molecule has 0 aromatic heterocycles. The van der Waals surface area contributed by atoms with E-state index in [1.807, 2.05) is 6.20 Å². The van der Waals surface area contributed by atoms with E-state index < -0.39 is 11.7 Å². The van der Waals surface area contributed by atoms with Crippen LogP contribution in [0.3, 0.4) is 0 Å². The number of ketones is 1. The fourth-order valence-electron chi connectivity index (χ4n) is 3.76. The molecule has 0 N–H and O–H groups in total. The Bertz CT molecular complexity index is 633. The standard InChI is InChI=1S/C20H25F3N2O/c21-20(22,23)17-8-6-16(7-9-17)19(26)10-14-25-13-2-1-5-18(25)15-24-11-3-4-12-24/h6-10,14,18H,1-5,11-13,15H2. The molecule has 0 bridgehead atoms. The molecule has 6 heteroatoms. The average molecular weight is 366 g/mol. The van der Waals surface area contributed by atoms with Gasteiger partial charge in [-0.2, -0.15) is 13.2 Å². The Hall–Kier alpha value is -1.82. The lowest BCUT2D eigenvalue weighted by Gasteiger charge is -2.37. The summed E-state index contributed by atoms with van der Waals surface area (Å²) < 4.78 is 37.8. The Morgan fingerprint density at radius 1 is 1.04 bits per heavy atom. The van der Waals surface area contributed by atoms with E-state index in [4.69, 9.17) is 0 Å². The smallest absolute Gasteiger partial charge is 0.373 e. The Balaban J connectivity index is 1.61. The topological polar surface area (TPSA) is 23.6 Å². The van der Waals surface area contributed by atoms with Gasteiger partial charge in [0.2, 0.25) is 0 Å². The fourth-order valence-corrected chi connectivity index (χ4v) is 3.76. The van der Waals surface area contributed by atoms with Crippen LogP contribution in [0.5, 0.6) is 0 Å². The summed E-state index contributed by atoms with van der Waals surface area (Å²) in [6.07, 6.45) is 4.89. The van der Waals surface area contributed by atoms with Gasteiger partial charge in [0.15, 0.2) is 5.78 Å². The number of nitrogens with zero attached hydrogens (tertiary/aromatic N) is 2. The maximum atomic E-state index is 12.6. The molecule has 1 unspecified atom stereocenters. The predicted octanol–water partition coefficient (Wildman–Crippen LogP) is 4.35. The Morgan fingerprint density at radius 3 is 2.35 bits per heavy atom. The van der Waals surface area contributed by atoms with Crippen molar-refractivity contribution in [1.82, 2.24) is 9.80 Å². The molecule has 26 heavy (non-hydrogen) atoms. The van der Waals surface area contributed by atoms with Crippen LogP contribution in [-0.2, 0) is 6.18 Å². The van der Waals surface area contributed by atoms with Crippen molar-refractivity contribution in [2.45, 2.75) is 44.3 Å². The van der Waals surface area contributed by atoms with E-state index in [9.17, 15) is 18.0 Å². The Labute approximate surface area is 152 Å². The highest BCUT2D eigenvalue weighted by atomic mass is 19.4. The molecule has 1 atom stereocenters. The zero-order valence-corrected chi connectivity index (χ0v) is 14.8. The second-order valence-electron chi connectivity index (χ2n) is 7.15. The average Bonchev–Trinajstić information content (AvgIpc) is 3.13. The van der Waals surface area contributed by atoms with Crippen LogP contribution < -0.4 is 0 Å². The first-order valence-corrected chi connectivity index (χ1v) is 9.31.